The number of aryl methyl sites for hydroxylation is 1. The molecule has 2 aromatic carbocycles. The fourth-order valence-electron chi connectivity index (χ4n) is 5.14. The lowest BCUT2D eigenvalue weighted by atomic mass is 9.96. The molecule has 0 spiro atoms. The Morgan fingerprint density at radius 3 is 2.67 bits per heavy atom. The largest absolute Gasteiger partial charge is 0.367 e. The van der Waals surface area contributed by atoms with Gasteiger partial charge in [0.15, 0.2) is 0 Å². The van der Waals surface area contributed by atoms with Crippen molar-refractivity contribution in [2.45, 2.75) is 44.7 Å². The average molecular weight is 447 g/mol. The summed E-state index contributed by atoms with van der Waals surface area (Å²) in [6, 6.07) is 10.7. The first-order chi connectivity index (χ1) is 16.0. The monoisotopic (exact) mass is 446 g/mol. The number of carbonyl (C=O) groups is 4. The fraction of sp³-hybridized carbons (Fsp3) is 0.360. The number of nitrogens with two attached hydrogens (primary N) is 1. The molecule has 3 heterocycles. The van der Waals surface area contributed by atoms with E-state index < -0.39 is 23.8 Å². The Kier molecular flexibility index (Phi) is 5.46. The quantitative estimate of drug-likeness (QED) is 0.674. The van der Waals surface area contributed by atoms with Gasteiger partial charge in [0.25, 0.3) is 11.8 Å². The van der Waals surface area contributed by atoms with Crippen molar-refractivity contribution in [3.05, 3.63) is 64.2 Å². The summed E-state index contributed by atoms with van der Waals surface area (Å²) in [4.78, 5) is 53.6. The molecule has 8 nitrogen and oxygen atoms in total. The molecule has 1 unspecified atom stereocenters. The van der Waals surface area contributed by atoms with E-state index in [1.165, 1.54) is 11.1 Å². The molecular weight excluding hydrogens is 420 g/mol. The van der Waals surface area contributed by atoms with E-state index >= 15 is 0 Å². The van der Waals surface area contributed by atoms with Gasteiger partial charge in [0.2, 0.25) is 11.8 Å². The van der Waals surface area contributed by atoms with E-state index in [0.717, 1.165) is 42.0 Å². The topological polar surface area (TPSA) is 113 Å². The van der Waals surface area contributed by atoms with Crippen molar-refractivity contribution >= 4 is 29.3 Å². The zero-order valence-electron chi connectivity index (χ0n) is 18.3. The highest BCUT2D eigenvalue weighted by Crippen LogP contribution is 2.34. The van der Waals surface area contributed by atoms with E-state index in [-0.39, 0.29) is 18.7 Å². The highest BCUT2D eigenvalue weighted by molar-refractivity contribution is 6.24. The number of benzene rings is 2. The fourth-order valence-corrected chi connectivity index (χ4v) is 5.14. The van der Waals surface area contributed by atoms with Crippen molar-refractivity contribution in [1.29, 1.82) is 0 Å². The Morgan fingerprint density at radius 2 is 1.88 bits per heavy atom. The van der Waals surface area contributed by atoms with Gasteiger partial charge in [0, 0.05) is 25.2 Å². The van der Waals surface area contributed by atoms with Gasteiger partial charge in [-0.05, 0) is 61.1 Å². The van der Waals surface area contributed by atoms with E-state index in [0.29, 0.717) is 24.2 Å². The number of amides is 4. The van der Waals surface area contributed by atoms with Crippen molar-refractivity contribution in [2.75, 3.05) is 18.0 Å². The first-order valence-electron chi connectivity index (χ1n) is 11.4. The van der Waals surface area contributed by atoms with E-state index in [9.17, 15) is 19.2 Å². The molecule has 33 heavy (non-hydrogen) atoms. The number of nitrogens with zero attached hydrogens (tertiary/aromatic N) is 2. The summed E-state index contributed by atoms with van der Waals surface area (Å²) in [6.45, 7) is 1.96. The molecule has 0 bridgehead atoms. The minimum absolute atomic E-state index is 0.105. The minimum atomic E-state index is -0.959. The van der Waals surface area contributed by atoms with Crippen molar-refractivity contribution in [3.8, 4) is 0 Å². The van der Waals surface area contributed by atoms with Crippen LogP contribution >= 0.6 is 0 Å². The normalized spacial score (nSPS) is 20.1. The summed E-state index contributed by atoms with van der Waals surface area (Å²) < 4.78 is 0. The highest BCUT2D eigenvalue weighted by atomic mass is 16.2. The smallest absolute Gasteiger partial charge is 0.262 e. The first kappa shape index (κ1) is 21.3. The molecule has 170 valence electrons. The molecule has 3 N–H and O–H groups in total. The predicted molar refractivity (Wildman–Crippen MR) is 122 cm³/mol. The third-order valence-corrected chi connectivity index (χ3v) is 6.71. The van der Waals surface area contributed by atoms with Crippen LogP contribution in [0, 0.1) is 0 Å². The summed E-state index contributed by atoms with van der Waals surface area (Å²) in [5.74, 6) is -1.92. The Labute approximate surface area is 191 Å². The maximum atomic E-state index is 13.4. The zero-order valence-corrected chi connectivity index (χ0v) is 18.3. The van der Waals surface area contributed by atoms with Gasteiger partial charge >= 0.3 is 0 Å². The second-order valence-corrected chi connectivity index (χ2v) is 8.81. The Hall–Kier alpha value is -3.52. The number of carbonyl (C=O) groups excluding carboxylic acids is 4. The van der Waals surface area contributed by atoms with Crippen LogP contribution < -0.4 is 16.0 Å². The third kappa shape index (κ3) is 3.70. The summed E-state index contributed by atoms with van der Waals surface area (Å²) in [5, 5.41) is 2.24. The van der Waals surface area contributed by atoms with Gasteiger partial charge in [-0.2, -0.15) is 0 Å². The summed E-state index contributed by atoms with van der Waals surface area (Å²) in [5.41, 5.74) is 10.8. The van der Waals surface area contributed by atoms with Crippen molar-refractivity contribution in [3.63, 3.8) is 0 Å². The van der Waals surface area contributed by atoms with Gasteiger partial charge < -0.3 is 10.6 Å². The van der Waals surface area contributed by atoms with Gasteiger partial charge in [-0.25, -0.2) is 0 Å². The number of anilines is 1. The van der Waals surface area contributed by atoms with Gasteiger partial charge in [-0.3, -0.25) is 29.4 Å². The molecule has 0 radical (unpaired) electrons. The van der Waals surface area contributed by atoms with E-state index in [2.05, 4.69) is 28.4 Å². The molecule has 1 atom stereocenters. The van der Waals surface area contributed by atoms with Crippen molar-refractivity contribution in [2.24, 2.45) is 5.73 Å². The molecule has 0 aliphatic carbocycles. The van der Waals surface area contributed by atoms with Crippen molar-refractivity contribution in [1.82, 2.24) is 10.2 Å². The van der Waals surface area contributed by atoms with Gasteiger partial charge in [-0.1, -0.05) is 24.3 Å². The predicted octanol–water partition coefficient (Wildman–Crippen LogP) is 1.54. The van der Waals surface area contributed by atoms with Crippen LogP contribution in [-0.4, -0.2) is 47.7 Å². The molecule has 3 aliphatic rings. The Balaban J connectivity index is 1.44. The van der Waals surface area contributed by atoms with E-state index in [1.54, 1.807) is 12.1 Å². The zero-order chi connectivity index (χ0) is 23.1. The van der Waals surface area contributed by atoms with Crippen LogP contribution in [0.3, 0.4) is 0 Å². The molecule has 2 aromatic rings. The summed E-state index contributed by atoms with van der Waals surface area (Å²) in [7, 11) is 0. The SMILES string of the molecule is NCCc1ccc2c(c1)CCCN2Cc1cccc2c1C(=O)N(C1CCC(=O)NC1=O)C2=O. The van der Waals surface area contributed by atoms with Crippen LogP contribution in [0.5, 0.6) is 0 Å². The second-order valence-electron chi connectivity index (χ2n) is 8.81. The highest BCUT2D eigenvalue weighted by Gasteiger charge is 2.45. The minimum Gasteiger partial charge on any atom is -0.367 e. The number of nitrogens with one attached hydrogen (secondary N) is 1. The molecule has 4 amide bonds. The molecule has 3 aliphatic heterocycles. The van der Waals surface area contributed by atoms with Crippen LogP contribution in [0.15, 0.2) is 36.4 Å². The molecule has 5 rings (SSSR count). The number of fused-ring (bicyclic) bond motifs is 2. The van der Waals surface area contributed by atoms with Crippen LogP contribution in [0.1, 0.15) is 56.7 Å². The Bertz CT molecular complexity index is 1170. The standard InChI is InChI=1S/C25H26N4O4/c26-11-10-15-6-7-19-16(13-15)4-2-12-28(19)14-17-3-1-5-18-22(17)25(33)29(24(18)32)20-8-9-21(30)27-23(20)31/h1,3,5-7,13,20H,2,4,8-12,14,26H2,(H,27,30,31). The van der Waals surface area contributed by atoms with Crippen LogP contribution in [0.4, 0.5) is 5.69 Å². The molecule has 0 saturated carbocycles. The first-order valence-corrected chi connectivity index (χ1v) is 11.4. The van der Waals surface area contributed by atoms with Crippen LogP contribution in [0.25, 0.3) is 0 Å². The summed E-state index contributed by atoms with van der Waals surface area (Å²) in [6.07, 6.45) is 3.09. The van der Waals surface area contributed by atoms with E-state index in [1.807, 2.05) is 6.07 Å². The molecule has 1 saturated heterocycles. The lowest BCUT2D eigenvalue weighted by molar-refractivity contribution is -0.136. The maximum Gasteiger partial charge on any atom is 0.262 e. The molecule has 0 aromatic heterocycles. The van der Waals surface area contributed by atoms with Gasteiger partial charge in [0.05, 0.1) is 11.1 Å². The van der Waals surface area contributed by atoms with E-state index in [4.69, 9.17) is 5.73 Å². The average Bonchev–Trinajstić information content (AvgIpc) is 3.05. The molecule has 1 fully saturated rings. The third-order valence-electron chi connectivity index (χ3n) is 6.71. The van der Waals surface area contributed by atoms with Crippen molar-refractivity contribution < 1.29 is 19.2 Å². The molecule has 8 heteroatoms. The maximum absolute atomic E-state index is 13.4. The lowest BCUT2D eigenvalue weighted by Crippen LogP contribution is -2.54. The number of hydrogen-bond acceptors (Lipinski definition) is 6. The van der Waals surface area contributed by atoms with Gasteiger partial charge in [0.1, 0.15) is 6.04 Å². The molecular formula is C25H26N4O4. The number of imide groups is 2. The van der Waals surface area contributed by atoms with Gasteiger partial charge in [-0.15, -0.1) is 0 Å². The number of piperidine rings is 1. The van der Waals surface area contributed by atoms with Crippen LogP contribution in [0.2, 0.25) is 0 Å². The number of hydrogen-bond donors (Lipinski definition) is 2. The second kappa shape index (κ2) is 8.44. The Morgan fingerprint density at radius 1 is 1.03 bits per heavy atom. The van der Waals surface area contributed by atoms with Crippen LogP contribution in [-0.2, 0) is 29.0 Å². The summed E-state index contributed by atoms with van der Waals surface area (Å²) >= 11 is 0. The lowest BCUT2D eigenvalue weighted by Gasteiger charge is -2.32. The number of rotatable bonds is 5.